The van der Waals surface area contributed by atoms with Crippen LogP contribution in [0.4, 0.5) is 0 Å². The molecule has 0 radical (unpaired) electrons. The van der Waals surface area contributed by atoms with Crippen molar-refractivity contribution >= 4 is 11.3 Å². The summed E-state index contributed by atoms with van der Waals surface area (Å²) in [5.74, 6) is 0.812. The normalized spacial score (nSPS) is 23.2. The van der Waals surface area contributed by atoms with Crippen LogP contribution in [0.2, 0.25) is 0 Å². The molecule has 1 heterocycles. The second-order valence-corrected chi connectivity index (χ2v) is 10.0. The monoisotopic (exact) mass is 403 g/mol. The molecule has 3 aromatic rings. The van der Waals surface area contributed by atoms with Gasteiger partial charge in [-0.15, -0.1) is 11.3 Å². The van der Waals surface area contributed by atoms with E-state index in [1.165, 1.54) is 54.5 Å². The van der Waals surface area contributed by atoms with Gasteiger partial charge in [0.1, 0.15) is 0 Å². The highest BCUT2D eigenvalue weighted by Crippen LogP contribution is 2.52. The lowest BCUT2D eigenvalue weighted by Crippen LogP contribution is -2.42. The molecule has 152 valence electrons. The molecular formula is C27H33NS. The van der Waals surface area contributed by atoms with Gasteiger partial charge in [0.25, 0.3) is 0 Å². The van der Waals surface area contributed by atoms with Gasteiger partial charge in [0.15, 0.2) is 0 Å². The van der Waals surface area contributed by atoms with E-state index < -0.39 is 0 Å². The molecule has 1 unspecified atom stereocenters. The lowest BCUT2D eigenvalue weighted by Gasteiger charge is -2.48. The van der Waals surface area contributed by atoms with E-state index in [4.69, 9.17) is 0 Å². The third-order valence-corrected chi connectivity index (χ3v) is 7.70. The first-order chi connectivity index (χ1) is 14.2. The molecule has 0 saturated heterocycles. The van der Waals surface area contributed by atoms with Gasteiger partial charge in [-0.05, 0) is 86.5 Å². The first-order valence-electron chi connectivity index (χ1n) is 10.9. The average molecular weight is 404 g/mol. The molecule has 0 bridgehead atoms. The molecule has 0 aliphatic heterocycles. The highest BCUT2D eigenvalue weighted by Gasteiger charge is 2.44. The van der Waals surface area contributed by atoms with Crippen LogP contribution < -0.4 is 0 Å². The molecule has 0 amide bonds. The van der Waals surface area contributed by atoms with Crippen LogP contribution in [-0.4, -0.2) is 19.0 Å². The van der Waals surface area contributed by atoms with Crippen LogP contribution >= 0.6 is 11.3 Å². The Kier molecular flexibility index (Phi) is 6.52. The number of nitrogens with zero attached hydrogens (tertiary/aromatic N) is 1. The molecule has 4 rings (SSSR count). The predicted molar refractivity (Wildman–Crippen MR) is 125 cm³/mol. The minimum atomic E-state index is 0.308. The highest BCUT2D eigenvalue weighted by atomic mass is 32.1. The van der Waals surface area contributed by atoms with Crippen molar-refractivity contribution < 1.29 is 0 Å². The van der Waals surface area contributed by atoms with E-state index in [0.29, 0.717) is 11.5 Å². The van der Waals surface area contributed by atoms with Gasteiger partial charge in [-0.3, -0.25) is 0 Å². The minimum absolute atomic E-state index is 0.308. The van der Waals surface area contributed by atoms with Crippen molar-refractivity contribution in [2.75, 3.05) is 14.1 Å². The SMILES string of the molecule is CN(C)C(c1cccs1)C1(Cc2ccccc2)CCC(Cc2ccccc2)CC1. The van der Waals surface area contributed by atoms with Crippen LogP contribution in [0, 0.1) is 11.3 Å². The zero-order chi connectivity index (χ0) is 20.1. The fraction of sp³-hybridized carbons (Fsp3) is 0.407. The summed E-state index contributed by atoms with van der Waals surface area (Å²) in [6.07, 6.45) is 7.68. The highest BCUT2D eigenvalue weighted by molar-refractivity contribution is 7.10. The minimum Gasteiger partial charge on any atom is -0.301 e. The van der Waals surface area contributed by atoms with Crippen molar-refractivity contribution in [3.8, 4) is 0 Å². The van der Waals surface area contributed by atoms with Gasteiger partial charge in [-0.1, -0.05) is 66.7 Å². The van der Waals surface area contributed by atoms with E-state index >= 15 is 0 Å². The third-order valence-electron chi connectivity index (χ3n) is 6.78. The van der Waals surface area contributed by atoms with Crippen molar-refractivity contribution in [3.05, 3.63) is 94.2 Å². The van der Waals surface area contributed by atoms with E-state index in [0.717, 1.165) is 5.92 Å². The Bertz CT molecular complexity index is 846. The van der Waals surface area contributed by atoms with Crippen LogP contribution in [0.3, 0.4) is 0 Å². The maximum absolute atomic E-state index is 2.48. The Hall–Kier alpha value is -1.90. The summed E-state index contributed by atoms with van der Waals surface area (Å²) in [5.41, 5.74) is 3.29. The smallest absolute Gasteiger partial charge is 0.0495 e. The molecule has 1 aliphatic carbocycles. The predicted octanol–water partition coefficient (Wildman–Crippen LogP) is 7.01. The second kappa shape index (κ2) is 9.28. The number of hydrogen-bond donors (Lipinski definition) is 0. The summed E-state index contributed by atoms with van der Waals surface area (Å²) in [7, 11) is 4.54. The maximum Gasteiger partial charge on any atom is 0.0495 e. The lowest BCUT2D eigenvalue weighted by molar-refractivity contribution is 0.0428. The van der Waals surface area contributed by atoms with Gasteiger partial charge in [0.05, 0.1) is 0 Å². The van der Waals surface area contributed by atoms with E-state index in [-0.39, 0.29) is 0 Å². The van der Waals surface area contributed by atoms with Crippen LogP contribution in [0.5, 0.6) is 0 Å². The summed E-state index contributed by atoms with van der Waals surface area (Å²) in [4.78, 5) is 4.00. The van der Waals surface area contributed by atoms with Crippen LogP contribution in [0.25, 0.3) is 0 Å². The van der Waals surface area contributed by atoms with Gasteiger partial charge in [-0.2, -0.15) is 0 Å². The number of rotatable bonds is 7. The van der Waals surface area contributed by atoms with E-state index in [9.17, 15) is 0 Å². The van der Waals surface area contributed by atoms with E-state index in [2.05, 4.69) is 97.2 Å². The van der Waals surface area contributed by atoms with Crippen molar-refractivity contribution in [2.24, 2.45) is 11.3 Å². The topological polar surface area (TPSA) is 3.24 Å². The largest absolute Gasteiger partial charge is 0.301 e. The van der Waals surface area contributed by atoms with Crippen molar-refractivity contribution in [2.45, 2.75) is 44.6 Å². The van der Waals surface area contributed by atoms with Crippen LogP contribution in [0.1, 0.15) is 47.7 Å². The Labute approximate surface area is 180 Å². The van der Waals surface area contributed by atoms with Crippen LogP contribution in [0.15, 0.2) is 78.2 Å². The molecule has 2 heteroatoms. The van der Waals surface area contributed by atoms with Gasteiger partial charge < -0.3 is 4.90 Å². The molecular weight excluding hydrogens is 370 g/mol. The van der Waals surface area contributed by atoms with Crippen molar-refractivity contribution in [3.63, 3.8) is 0 Å². The standard InChI is InChI=1S/C27H33NS/c1-28(2)26(25-14-9-19-29-25)27(21-24-12-7-4-8-13-24)17-15-23(16-18-27)20-22-10-5-3-6-11-22/h3-14,19,23,26H,15-18,20-21H2,1-2H3. The molecule has 1 atom stereocenters. The maximum atomic E-state index is 2.48. The quantitative estimate of drug-likeness (QED) is 0.410. The molecule has 1 aliphatic rings. The molecule has 2 aromatic carbocycles. The van der Waals surface area contributed by atoms with Crippen LogP contribution in [-0.2, 0) is 12.8 Å². The molecule has 1 aromatic heterocycles. The lowest BCUT2D eigenvalue weighted by atomic mass is 9.62. The average Bonchev–Trinajstić information content (AvgIpc) is 3.25. The van der Waals surface area contributed by atoms with Gasteiger partial charge in [-0.25, -0.2) is 0 Å². The van der Waals surface area contributed by atoms with Gasteiger partial charge in [0.2, 0.25) is 0 Å². The van der Waals surface area contributed by atoms with E-state index in [1.54, 1.807) is 0 Å². The number of benzene rings is 2. The molecule has 0 spiro atoms. The molecule has 1 saturated carbocycles. The Morgan fingerprint density at radius 2 is 1.48 bits per heavy atom. The zero-order valence-electron chi connectivity index (χ0n) is 17.8. The summed E-state index contributed by atoms with van der Waals surface area (Å²) < 4.78 is 0. The first kappa shape index (κ1) is 20.4. The molecule has 0 N–H and O–H groups in total. The van der Waals surface area contributed by atoms with Crippen molar-refractivity contribution in [1.29, 1.82) is 0 Å². The second-order valence-electron chi connectivity index (χ2n) is 9.04. The van der Waals surface area contributed by atoms with Crippen molar-refractivity contribution in [1.82, 2.24) is 4.90 Å². The fourth-order valence-corrected chi connectivity index (χ4v) is 6.57. The third kappa shape index (κ3) is 4.82. The summed E-state index contributed by atoms with van der Waals surface area (Å²) in [5, 5.41) is 2.24. The Morgan fingerprint density at radius 1 is 0.862 bits per heavy atom. The van der Waals surface area contributed by atoms with Gasteiger partial charge >= 0.3 is 0 Å². The molecule has 1 nitrogen and oxygen atoms in total. The summed E-state index contributed by atoms with van der Waals surface area (Å²) >= 11 is 1.92. The molecule has 29 heavy (non-hydrogen) atoms. The zero-order valence-corrected chi connectivity index (χ0v) is 18.6. The number of hydrogen-bond acceptors (Lipinski definition) is 2. The van der Waals surface area contributed by atoms with Gasteiger partial charge in [0, 0.05) is 10.9 Å². The van der Waals surface area contributed by atoms with E-state index in [1.807, 2.05) is 11.3 Å². The fourth-order valence-electron chi connectivity index (χ4n) is 5.50. The molecule has 1 fully saturated rings. The Balaban J connectivity index is 1.58. The summed E-state index contributed by atoms with van der Waals surface area (Å²) in [6.45, 7) is 0. The number of thiophene rings is 1. The Morgan fingerprint density at radius 3 is 2.03 bits per heavy atom. The summed E-state index contributed by atoms with van der Waals surface area (Å²) in [6, 6.07) is 27.3. The first-order valence-corrected chi connectivity index (χ1v) is 11.8.